The van der Waals surface area contributed by atoms with E-state index >= 15 is 0 Å². The molecule has 2 aromatic rings. The summed E-state index contributed by atoms with van der Waals surface area (Å²) in [6.07, 6.45) is 0.829. The Morgan fingerprint density at radius 3 is 2.93 bits per heavy atom. The lowest BCUT2D eigenvalue weighted by molar-refractivity contribution is 0.468. The van der Waals surface area contributed by atoms with Crippen molar-refractivity contribution in [3.63, 3.8) is 0 Å². The van der Waals surface area contributed by atoms with Gasteiger partial charge in [-0.25, -0.2) is 4.98 Å². The minimum absolute atomic E-state index is 0.213. The molecule has 0 spiro atoms. The lowest BCUT2D eigenvalue weighted by Gasteiger charge is -1.96. The molecule has 0 aliphatic heterocycles. The fourth-order valence-corrected chi connectivity index (χ4v) is 1.40. The van der Waals surface area contributed by atoms with E-state index in [2.05, 4.69) is 18.8 Å². The second-order valence-electron chi connectivity index (χ2n) is 3.86. The van der Waals surface area contributed by atoms with Gasteiger partial charge in [0.05, 0.1) is 0 Å². The summed E-state index contributed by atoms with van der Waals surface area (Å²) >= 11 is 0. The summed E-state index contributed by atoms with van der Waals surface area (Å²) in [5.74, 6) is 1.47. The molecule has 3 nitrogen and oxygen atoms in total. The smallest absolute Gasteiger partial charge is 0.195 e. The first-order valence-corrected chi connectivity index (χ1v) is 4.73. The minimum atomic E-state index is 0.213. The molecule has 1 heterocycles. The highest BCUT2D eigenvalue weighted by molar-refractivity contribution is 5.74. The van der Waals surface area contributed by atoms with Gasteiger partial charge in [0.1, 0.15) is 11.3 Å². The summed E-state index contributed by atoms with van der Waals surface area (Å²) in [5.41, 5.74) is 1.46. The molecule has 3 heteroatoms. The average Bonchev–Trinajstić information content (AvgIpc) is 2.44. The Morgan fingerprint density at radius 2 is 2.21 bits per heavy atom. The highest BCUT2D eigenvalue weighted by Crippen LogP contribution is 2.21. The molecule has 0 atom stereocenters. The van der Waals surface area contributed by atoms with Gasteiger partial charge in [0.25, 0.3) is 0 Å². The van der Waals surface area contributed by atoms with Gasteiger partial charge in [-0.3, -0.25) is 0 Å². The zero-order valence-electron chi connectivity index (χ0n) is 8.32. The Bertz CT molecular complexity index is 445. The molecule has 74 valence electrons. The second kappa shape index (κ2) is 3.33. The highest BCUT2D eigenvalue weighted by atomic mass is 16.3. The maximum atomic E-state index is 9.23. The standard InChI is InChI=1S/C11H13NO2/c1-7(2)5-11-12-9-4-3-8(13)6-10(9)14-11/h3-4,6-7,13H,5H2,1-2H3. The Morgan fingerprint density at radius 1 is 1.43 bits per heavy atom. The summed E-state index contributed by atoms with van der Waals surface area (Å²) in [4.78, 5) is 4.32. The number of phenolic OH excluding ortho intramolecular Hbond substituents is 1. The van der Waals surface area contributed by atoms with Crippen molar-refractivity contribution in [2.45, 2.75) is 20.3 Å². The normalized spacial score (nSPS) is 11.4. The summed E-state index contributed by atoms with van der Waals surface area (Å²) in [6, 6.07) is 4.97. The number of fused-ring (bicyclic) bond motifs is 1. The Kier molecular flexibility index (Phi) is 2.15. The third-order valence-corrected chi connectivity index (χ3v) is 2.00. The SMILES string of the molecule is CC(C)Cc1nc2ccc(O)cc2o1. The van der Waals surface area contributed by atoms with Crippen LogP contribution in [0.5, 0.6) is 5.75 Å². The Labute approximate surface area is 82.4 Å². The first-order chi connectivity index (χ1) is 6.65. The zero-order valence-corrected chi connectivity index (χ0v) is 8.32. The minimum Gasteiger partial charge on any atom is -0.508 e. The van der Waals surface area contributed by atoms with Crippen LogP contribution in [0.3, 0.4) is 0 Å². The van der Waals surface area contributed by atoms with E-state index in [9.17, 15) is 5.11 Å². The van der Waals surface area contributed by atoms with Crippen molar-refractivity contribution in [1.82, 2.24) is 4.98 Å². The molecule has 0 aliphatic carbocycles. The van der Waals surface area contributed by atoms with Crippen molar-refractivity contribution in [3.8, 4) is 5.75 Å². The topological polar surface area (TPSA) is 46.3 Å². The van der Waals surface area contributed by atoms with Crippen LogP contribution in [0.4, 0.5) is 0 Å². The van der Waals surface area contributed by atoms with Crippen molar-refractivity contribution < 1.29 is 9.52 Å². The summed E-state index contributed by atoms with van der Waals surface area (Å²) in [7, 11) is 0. The van der Waals surface area contributed by atoms with Crippen LogP contribution in [0.1, 0.15) is 19.7 Å². The van der Waals surface area contributed by atoms with Gasteiger partial charge in [-0.15, -0.1) is 0 Å². The lowest BCUT2D eigenvalue weighted by Crippen LogP contribution is -1.93. The molecular formula is C11H13NO2. The summed E-state index contributed by atoms with van der Waals surface area (Å²) < 4.78 is 5.49. The van der Waals surface area contributed by atoms with Crippen LogP contribution in [-0.4, -0.2) is 10.1 Å². The quantitative estimate of drug-likeness (QED) is 0.793. The van der Waals surface area contributed by atoms with Crippen LogP contribution in [0.15, 0.2) is 22.6 Å². The van der Waals surface area contributed by atoms with Crippen molar-refractivity contribution in [2.24, 2.45) is 5.92 Å². The van der Waals surface area contributed by atoms with Crippen LogP contribution in [0.2, 0.25) is 0 Å². The summed E-state index contributed by atoms with van der Waals surface area (Å²) in [6.45, 7) is 4.23. The van der Waals surface area contributed by atoms with E-state index < -0.39 is 0 Å². The first kappa shape index (κ1) is 9.06. The van der Waals surface area contributed by atoms with Gasteiger partial charge in [0, 0.05) is 12.5 Å². The molecule has 0 unspecified atom stereocenters. The summed E-state index contributed by atoms with van der Waals surface area (Å²) in [5, 5.41) is 9.23. The van der Waals surface area contributed by atoms with E-state index in [1.54, 1.807) is 18.2 Å². The number of oxazole rings is 1. The van der Waals surface area contributed by atoms with Gasteiger partial charge in [-0.1, -0.05) is 13.8 Å². The maximum Gasteiger partial charge on any atom is 0.195 e. The van der Waals surface area contributed by atoms with Gasteiger partial charge in [0.2, 0.25) is 0 Å². The van der Waals surface area contributed by atoms with E-state index in [4.69, 9.17) is 4.42 Å². The van der Waals surface area contributed by atoms with Gasteiger partial charge in [-0.2, -0.15) is 0 Å². The second-order valence-corrected chi connectivity index (χ2v) is 3.86. The number of rotatable bonds is 2. The molecule has 0 radical (unpaired) electrons. The molecule has 1 aromatic heterocycles. The number of aromatic hydroxyl groups is 1. The molecule has 0 bridgehead atoms. The first-order valence-electron chi connectivity index (χ1n) is 4.73. The molecule has 0 fully saturated rings. The van der Waals surface area contributed by atoms with Crippen LogP contribution in [0.25, 0.3) is 11.1 Å². The van der Waals surface area contributed by atoms with E-state index in [1.807, 2.05) is 0 Å². The predicted octanol–water partition coefficient (Wildman–Crippen LogP) is 2.73. The number of hydrogen-bond acceptors (Lipinski definition) is 3. The fourth-order valence-electron chi connectivity index (χ4n) is 1.40. The molecule has 14 heavy (non-hydrogen) atoms. The van der Waals surface area contributed by atoms with Crippen LogP contribution >= 0.6 is 0 Å². The Hall–Kier alpha value is -1.51. The van der Waals surface area contributed by atoms with Crippen LogP contribution in [-0.2, 0) is 6.42 Å². The van der Waals surface area contributed by atoms with Crippen molar-refractivity contribution in [2.75, 3.05) is 0 Å². The monoisotopic (exact) mass is 191 g/mol. The largest absolute Gasteiger partial charge is 0.508 e. The zero-order chi connectivity index (χ0) is 10.1. The molecule has 0 saturated carbocycles. The van der Waals surface area contributed by atoms with Crippen LogP contribution < -0.4 is 0 Å². The number of hydrogen-bond donors (Lipinski definition) is 1. The molecular weight excluding hydrogens is 178 g/mol. The van der Waals surface area contributed by atoms with E-state index in [-0.39, 0.29) is 5.75 Å². The van der Waals surface area contributed by atoms with Crippen molar-refractivity contribution >= 4 is 11.1 Å². The van der Waals surface area contributed by atoms with E-state index in [0.29, 0.717) is 11.5 Å². The van der Waals surface area contributed by atoms with Gasteiger partial charge < -0.3 is 9.52 Å². The van der Waals surface area contributed by atoms with Crippen LogP contribution in [0, 0.1) is 5.92 Å². The highest BCUT2D eigenvalue weighted by Gasteiger charge is 2.07. The maximum absolute atomic E-state index is 9.23. The van der Waals surface area contributed by atoms with Gasteiger partial charge in [-0.05, 0) is 18.1 Å². The number of benzene rings is 1. The number of phenols is 1. The number of nitrogens with zero attached hydrogens (tertiary/aromatic N) is 1. The third-order valence-electron chi connectivity index (χ3n) is 2.00. The lowest BCUT2D eigenvalue weighted by atomic mass is 10.1. The predicted molar refractivity (Wildman–Crippen MR) is 54.2 cm³/mol. The number of aromatic nitrogens is 1. The molecule has 1 aromatic carbocycles. The van der Waals surface area contributed by atoms with Gasteiger partial charge >= 0.3 is 0 Å². The average molecular weight is 191 g/mol. The van der Waals surface area contributed by atoms with Crippen molar-refractivity contribution in [1.29, 1.82) is 0 Å². The molecule has 0 saturated heterocycles. The van der Waals surface area contributed by atoms with E-state index in [1.165, 1.54) is 0 Å². The molecule has 2 rings (SSSR count). The van der Waals surface area contributed by atoms with Gasteiger partial charge in [0.15, 0.2) is 11.5 Å². The van der Waals surface area contributed by atoms with E-state index in [0.717, 1.165) is 17.8 Å². The third kappa shape index (κ3) is 1.71. The molecule has 1 N–H and O–H groups in total. The molecule has 0 amide bonds. The Balaban J connectivity index is 2.41. The van der Waals surface area contributed by atoms with Crippen molar-refractivity contribution in [3.05, 3.63) is 24.1 Å². The molecule has 0 aliphatic rings. The fraction of sp³-hybridized carbons (Fsp3) is 0.364.